The molecule has 0 aliphatic heterocycles. The molecule has 1 heterocycles. The molecule has 0 radical (unpaired) electrons. The summed E-state index contributed by atoms with van der Waals surface area (Å²) in [6.45, 7) is 5.63. The third-order valence-electron chi connectivity index (χ3n) is 4.43. The van der Waals surface area contributed by atoms with Crippen molar-refractivity contribution in [3.63, 3.8) is 0 Å². The Labute approximate surface area is 180 Å². The molecule has 1 aromatic heterocycles. The highest BCUT2D eigenvalue weighted by atomic mass is 32.2. The van der Waals surface area contributed by atoms with Crippen molar-refractivity contribution in [2.24, 2.45) is 0 Å². The Morgan fingerprint density at radius 2 is 1.90 bits per heavy atom. The molecule has 2 aromatic carbocycles. The molecule has 0 aliphatic carbocycles. The summed E-state index contributed by atoms with van der Waals surface area (Å²) in [6, 6.07) is 12.5. The molecule has 0 saturated heterocycles. The number of aromatic nitrogens is 1. The van der Waals surface area contributed by atoms with E-state index in [9.17, 15) is 13.2 Å². The van der Waals surface area contributed by atoms with Gasteiger partial charge in [0.05, 0.1) is 17.7 Å². The van der Waals surface area contributed by atoms with Crippen molar-refractivity contribution >= 4 is 32.4 Å². The van der Waals surface area contributed by atoms with E-state index in [2.05, 4.69) is 15.0 Å². The Morgan fingerprint density at radius 1 is 1.13 bits per heavy atom. The Bertz CT molecular complexity index is 1190. The molecule has 0 saturated carbocycles. The number of sulfonamides is 1. The molecule has 0 unspecified atom stereocenters. The van der Waals surface area contributed by atoms with E-state index < -0.39 is 10.0 Å². The fraction of sp³-hybridized carbons (Fsp3) is 0.238. The van der Waals surface area contributed by atoms with Gasteiger partial charge in [0.15, 0.2) is 5.13 Å². The number of thiazole rings is 1. The van der Waals surface area contributed by atoms with Gasteiger partial charge in [0, 0.05) is 6.54 Å². The molecule has 158 valence electrons. The van der Waals surface area contributed by atoms with E-state index in [1.54, 1.807) is 39.2 Å². The van der Waals surface area contributed by atoms with Crippen LogP contribution in [0.1, 0.15) is 32.1 Å². The van der Waals surface area contributed by atoms with E-state index in [-0.39, 0.29) is 15.9 Å². The molecule has 2 N–H and O–H groups in total. The number of amides is 1. The largest absolute Gasteiger partial charge is 0.497 e. The summed E-state index contributed by atoms with van der Waals surface area (Å²) in [4.78, 5) is 17.3. The quantitative estimate of drug-likeness (QED) is 0.576. The Morgan fingerprint density at radius 3 is 2.60 bits per heavy atom. The average molecular weight is 446 g/mol. The van der Waals surface area contributed by atoms with Gasteiger partial charge in [0.1, 0.15) is 10.6 Å². The van der Waals surface area contributed by atoms with Crippen molar-refractivity contribution in [3.05, 3.63) is 69.7 Å². The smallest absolute Gasteiger partial charge is 0.263 e. The molecular formula is C21H23N3O4S2. The average Bonchev–Trinajstić information content (AvgIpc) is 3.05. The van der Waals surface area contributed by atoms with Crippen LogP contribution >= 0.6 is 11.3 Å². The SMILES string of the molecule is COc1cccc(CNC(=O)c2sc(NS(=O)(=O)c3ccc(C)cc3C)nc2C)c1. The number of hydrogen-bond donors (Lipinski definition) is 2. The summed E-state index contributed by atoms with van der Waals surface area (Å²) < 4.78 is 33.1. The number of nitrogens with one attached hydrogen (secondary N) is 2. The number of carbonyl (C=O) groups excluding carboxylic acids is 1. The molecule has 7 nitrogen and oxygen atoms in total. The molecule has 0 atom stereocenters. The lowest BCUT2D eigenvalue weighted by Crippen LogP contribution is -2.22. The zero-order valence-corrected chi connectivity index (χ0v) is 18.8. The van der Waals surface area contributed by atoms with E-state index in [4.69, 9.17) is 4.74 Å². The zero-order valence-electron chi connectivity index (χ0n) is 17.1. The number of benzene rings is 2. The Balaban J connectivity index is 1.73. The fourth-order valence-corrected chi connectivity index (χ4v) is 5.31. The number of rotatable bonds is 7. The minimum Gasteiger partial charge on any atom is -0.497 e. The maximum atomic E-state index is 12.7. The molecule has 0 spiro atoms. The van der Waals surface area contributed by atoms with Crippen LogP contribution < -0.4 is 14.8 Å². The predicted molar refractivity (Wildman–Crippen MR) is 118 cm³/mol. The van der Waals surface area contributed by atoms with Gasteiger partial charge < -0.3 is 10.1 Å². The molecule has 9 heteroatoms. The van der Waals surface area contributed by atoms with Gasteiger partial charge in [0.2, 0.25) is 0 Å². The number of aryl methyl sites for hydroxylation is 3. The van der Waals surface area contributed by atoms with Crippen LogP contribution in [0.15, 0.2) is 47.4 Å². The summed E-state index contributed by atoms with van der Waals surface area (Å²) in [7, 11) is -2.22. The van der Waals surface area contributed by atoms with Crippen LogP contribution in [0.3, 0.4) is 0 Å². The molecule has 0 bridgehead atoms. The molecule has 3 rings (SSSR count). The van der Waals surface area contributed by atoms with Gasteiger partial charge >= 0.3 is 0 Å². The normalized spacial score (nSPS) is 11.2. The van der Waals surface area contributed by atoms with Gasteiger partial charge in [-0.25, -0.2) is 13.4 Å². The summed E-state index contributed by atoms with van der Waals surface area (Å²) in [6.07, 6.45) is 0. The van der Waals surface area contributed by atoms with Crippen LogP contribution in [-0.4, -0.2) is 26.4 Å². The first-order valence-electron chi connectivity index (χ1n) is 9.18. The lowest BCUT2D eigenvalue weighted by molar-refractivity contribution is 0.0954. The first kappa shape index (κ1) is 21.8. The molecule has 0 aliphatic rings. The van der Waals surface area contributed by atoms with Crippen LogP contribution in [0.2, 0.25) is 0 Å². The first-order chi connectivity index (χ1) is 14.2. The summed E-state index contributed by atoms with van der Waals surface area (Å²) in [5.74, 6) is 0.392. The van der Waals surface area contributed by atoms with Crippen LogP contribution in [0, 0.1) is 20.8 Å². The predicted octanol–water partition coefficient (Wildman–Crippen LogP) is 3.81. The molecule has 30 heavy (non-hydrogen) atoms. The third-order valence-corrected chi connectivity index (χ3v) is 7.13. The second kappa shape index (κ2) is 8.85. The monoisotopic (exact) mass is 445 g/mol. The Hall–Kier alpha value is -2.91. The molecule has 1 amide bonds. The van der Waals surface area contributed by atoms with Gasteiger partial charge in [-0.05, 0) is 50.1 Å². The standard InChI is InChI=1S/C21H23N3O4S2/c1-13-8-9-18(14(2)10-13)30(26,27)24-21-23-15(3)19(29-21)20(25)22-12-16-6-5-7-17(11-16)28-4/h5-11H,12H2,1-4H3,(H,22,25)(H,23,24). The zero-order chi connectivity index (χ0) is 21.9. The minimum atomic E-state index is -3.80. The summed E-state index contributed by atoms with van der Waals surface area (Å²) >= 11 is 1.00. The van der Waals surface area contributed by atoms with Crippen LogP contribution in [-0.2, 0) is 16.6 Å². The lowest BCUT2D eigenvalue weighted by atomic mass is 10.2. The van der Waals surface area contributed by atoms with Crippen molar-refractivity contribution in [1.29, 1.82) is 0 Å². The highest BCUT2D eigenvalue weighted by Crippen LogP contribution is 2.26. The maximum Gasteiger partial charge on any atom is 0.263 e. The Kier molecular flexibility index (Phi) is 6.42. The van der Waals surface area contributed by atoms with Gasteiger partial charge in [-0.3, -0.25) is 9.52 Å². The maximum absolute atomic E-state index is 12.7. The van der Waals surface area contributed by atoms with E-state index in [1.807, 2.05) is 31.2 Å². The molecular weight excluding hydrogens is 422 g/mol. The van der Waals surface area contributed by atoms with Crippen molar-refractivity contribution in [1.82, 2.24) is 10.3 Å². The van der Waals surface area contributed by atoms with Crippen LogP contribution in [0.25, 0.3) is 0 Å². The lowest BCUT2D eigenvalue weighted by Gasteiger charge is -2.08. The van der Waals surface area contributed by atoms with E-state index in [1.165, 1.54) is 0 Å². The van der Waals surface area contributed by atoms with Gasteiger partial charge in [0.25, 0.3) is 15.9 Å². The minimum absolute atomic E-state index is 0.152. The first-order valence-corrected chi connectivity index (χ1v) is 11.5. The van der Waals surface area contributed by atoms with Crippen LogP contribution in [0.4, 0.5) is 5.13 Å². The third kappa shape index (κ3) is 4.98. The molecule has 3 aromatic rings. The van der Waals surface area contributed by atoms with Gasteiger partial charge in [-0.15, -0.1) is 0 Å². The second-order valence-corrected chi connectivity index (χ2v) is 9.49. The number of anilines is 1. The number of hydrogen-bond acceptors (Lipinski definition) is 6. The van der Waals surface area contributed by atoms with Crippen molar-refractivity contribution in [2.75, 3.05) is 11.8 Å². The number of methoxy groups -OCH3 is 1. The van der Waals surface area contributed by atoms with E-state index >= 15 is 0 Å². The van der Waals surface area contributed by atoms with E-state index in [0.717, 1.165) is 22.5 Å². The van der Waals surface area contributed by atoms with Gasteiger partial charge in [-0.1, -0.05) is 41.2 Å². The number of nitrogens with zero attached hydrogens (tertiary/aromatic N) is 1. The van der Waals surface area contributed by atoms with Crippen molar-refractivity contribution in [2.45, 2.75) is 32.2 Å². The van der Waals surface area contributed by atoms with Crippen molar-refractivity contribution in [3.8, 4) is 5.75 Å². The number of carbonyl (C=O) groups is 1. The summed E-state index contributed by atoms with van der Waals surface area (Å²) in [5, 5.41) is 2.98. The topological polar surface area (TPSA) is 97.4 Å². The number of ether oxygens (including phenoxy) is 1. The van der Waals surface area contributed by atoms with E-state index in [0.29, 0.717) is 28.4 Å². The van der Waals surface area contributed by atoms with Gasteiger partial charge in [-0.2, -0.15) is 0 Å². The highest BCUT2D eigenvalue weighted by Gasteiger charge is 2.21. The summed E-state index contributed by atoms with van der Waals surface area (Å²) in [5.41, 5.74) is 2.97. The van der Waals surface area contributed by atoms with Crippen molar-refractivity contribution < 1.29 is 17.9 Å². The van der Waals surface area contributed by atoms with Crippen LogP contribution in [0.5, 0.6) is 5.75 Å². The fourth-order valence-electron chi connectivity index (χ4n) is 2.97. The highest BCUT2D eigenvalue weighted by molar-refractivity contribution is 7.93. The second-order valence-electron chi connectivity index (χ2n) is 6.84. The molecule has 0 fully saturated rings.